The number of oxazole rings is 1. The molecule has 0 saturated heterocycles. The van der Waals surface area contributed by atoms with Crippen LogP contribution in [0.4, 0.5) is 5.88 Å². The van der Waals surface area contributed by atoms with Gasteiger partial charge in [0.1, 0.15) is 0 Å². The molecule has 0 aliphatic rings. The van der Waals surface area contributed by atoms with E-state index >= 15 is 0 Å². The third kappa shape index (κ3) is 4.81. The molecule has 0 aliphatic heterocycles. The van der Waals surface area contributed by atoms with Gasteiger partial charge in [-0.15, -0.1) is 0 Å². The van der Waals surface area contributed by atoms with Crippen LogP contribution in [0.5, 0.6) is 11.5 Å². The molecule has 4 rings (SSSR count). The Morgan fingerprint density at radius 3 is 2.30 bits per heavy atom. The van der Waals surface area contributed by atoms with Crippen molar-refractivity contribution >= 4 is 27.3 Å². The van der Waals surface area contributed by atoms with Gasteiger partial charge in [0, 0.05) is 17.1 Å². The van der Waals surface area contributed by atoms with E-state index in [2.05, 4.69) is 10.3 Å². The molecule has 1 N–H and O–H groups in total. The summed E-state index contributed by atoms with van der Waals surface area (Å²) in [6, 6.07) is 20.3. The van der Waals surface area contributed by atoms with E-state index in [4.69, 9.17) is 25.5 Å². The molecule has 1 heterocycles. The van der Waals surface area contributed by atoms with Crippen LogP contribution < -0.4 is 14.8 Å². The van der Waals surface area contributed by atoms with Crippen molar-refractivity contribution < 1.29 is 22.3 Å². The second-order valence-corrected chi connectivity index (χ2v) is 9.32. The molecule has 33 heavy (non-hydrogen) atoms. The summed E-state index contributed by atoms with van der Waals surface area (Å²) in [5.41, 5.74) is 1.43. The lowest BCUT2D eigenvalue weighted by Crippen LogP contribution is -2.07. The van der Waals surface area contributed by atoms with Crippen LogP contribution in [0.3, 0.4) is 0 Å². The molecule has 0 spiro atoms. The van der Waals surface area contributed by atoms with Crippen LogP contribution in [0.2, 0.25) is 5.02 Å². The number of benzene rings is 3. The van der Waals surface area contributed by atoms with Crippen molar-refractivity contribution in [2.24, 2.45) is 0 Å². The number of rotatable bonds is 8. The Hall–Kier alpha value is -3.49. The number of hydrogen-bond donors (Lipinski definition) is 1. The van der Waals surface area contributed by atoms with Crippen LogP contribution in [-0.4, -0.2) is 27.6 Å². The Morgan fingerprint density at radius 2 is 1.64 bits per heavy atom. The number of ether oxygens (including phenoxy) is 2. The summed E-state index contributed by atoms with van der Waals surface area (Å²) in [6.45, 7) is 0.271. The molecule has 0 unspecified atom stereocenters. The molecule has 0 atom stereocenters. The van der Waals surface area contributed by atoms with Crippen LogP contribution in [0, 0.1) is 0 Å². The fraction of sp³-hybridized carbons (Fsp3) is 0.125. The van der Waals surface area contributed by atoms with Gasteiger partial charge in [-0.25, -0.2) is 8.42 Å². The Kier molecular flexibility index (Phi) is 6.57. The van der Waals surface area contributed by atoms with Crippen molar-refractivity contribution in [1.29, 1.82) is 0 Å². The van der Waals surface area contributed by atoms with Crippen LogP contribution in [0.15, 0.2) is 87.1 Å². The van der Waals surface area contributed by atoms with E-state index in [1.54, 1.807) is 68.8 Å². The quantitative estimate of drug-likeness (QED) is 0.355. The lowest BCUT2D eigenvalue weighted by Gasteiger charge is -2.10. The number of sulfone groups is 1. The maximum Gasteiger partial charge on any atom is 0.234 e. The highest BCUT2D eigenvalue weighted by molar-refractivity contribution is 7.91. The minimum atomic E-state index is -3.93. The minimum absolute atomic E-state index is 0.0404. The lowest BCUT2D eigenvalue weighted by atomic mass is 10.2. The average molecular weight is 485 g/mol. The summed E-state index contributed by atoms with van der Waals surface area (Å²) < 4.78 is 43.1. The maximum atomic E-state index is 13.3. The Balaban J connectivity index is 1.72. The number of anilines is 1. The third-order valence-corrected chi connectivity index (χ3v) is 6.83. The summed E-state index contributed by atoms with van der Waals surface area (Å²) >= 11 is 5.97. The topological polar surface area (TPSA) is 90.7 Å². The van der Waals surface area contributed by atoms with Gasteiger partial charge in [-0.2, -0.15) is 4.98 Å². The maximum absolute atomic E-state index is 13.3. The highest BCUT2D eigenvalue weighted by Crippen LogP contribution is 2.34. The van der Waals surface area contributed by atoms with Gasteiger partial charge >= 0.3 is 0 Å². The van der Waals surface area contributed by atoms with Gasteiger partial charge in [0.25, 0.3) is 0 Å². The first-order valence-corrected chi connectivity index (χ1v) is 11.8. The Labute approximate surface area is 196 Å². The van der Waals surface area contributed by atoms with Crippen molar-refractivity contribution in [3.8, 4) is 23.0 Å². The van der Waals surface area contributed by atoms with Crippen LogP contribution in [0.25, 0.3) is 11.5 Å². The summed E-state index contributed by atoms with van der Waals surface area (Å²) in [5.74, 6) is 1.36. The van der Waals surface area contributed by atoms with Crippen molar-refractivity contribution in [2.45, 2.75) is 16.5 Å². The lowest BCUT2D eigenvalue weighted by molar-refractivity contribution is 0.354. The highest BCUT2D eigenvalue weighted by Gasteiger charge is 2.28. The molecule has 4 aromatic rings. The number of aromatic nitrogens is 1. The SMILES string of the molecule is COc1ccc(CNc2oc(-c3ccc(Cl)cc3)nc2S(=O)(=O)c2ccccc2)cc1OC. The summed E-state index contributed by atoms with van der Waals surface area (Å²) in [7, 11) is -0.822. The van der Waals surface area contributed by atoms with Crippen molar-refractivity contribution in [3.05, 3.63) is 83.4 Å². The molecular weight excluding hydrogens is 464 g/mol. The molecule has 3 aromatic carbocycles. The average Bonchev–Trinajstić information content (AvgIpc) is 3.28. The van der Waals surface area contributed by atoms with Gasteiger partial charge in [-0.3, -0.25) is 0 Å². The van der Waals surface area contributed by atoms with Crippen LogP contribution >= 0.6 is 11.6 Å². The first kappa shape index (κ1) is 22.7. The van der Waals surface area contributed by atoms with E-state index in [-0.39, 0.29) is 28.2 Å². The zero-order valence-electron chi connectivity index (χ0n) is 17.9. The monoisotopic (exact) mass is 484 g/mol. The van der Waals surface area contributed by atoms with Gasteiger partial charge < -0.3 is 19.2 Å². The van der Waals surface area contributed by atoms with Gasteiger partial charge in [-0.1, -0.05) is 35.9 Å². The first-order valence-electron chi connectivity index (χ1n) is 9.94. The van der Waals surface area contributed by atoms with Gasteiger partial charge in [-0.05, 0) is 54.1 Å². The molecule has 7 nitrogen and oxygen atoms in total. The summed E-state index contributed by atoms with van der Waals surface area (Å²) in [6.07, 6.45) is 0. The Bertz CT molecular complexity index is 1350. The standard InChI is InChI=1S/C24H21ClN2O5S/c1-30-20-13-8-16(14-21(20)31-2)15-26-23-24(33(28,29)19-6-4-3-5-7-19)27-22(32-23)17-9-11-18(25)12-10-17/h3-14,26H,15H2,1-2H3. The van der Waals surface area contributed by atoms with Gasteiger partial charge in [0.05, 0.1) is 19.1 Å². The first-order chi connectivity index (χ1) is 15.9. The molecular formula is C24H21ClN2O5S. The van der Waals surface area contributed by atoms with Crippen LogP contribution in [0.1, 0.15) is 5.56 Å². The molecule has 0 saturated carbocycles. The Morgan fingerprint density at radius 1 is 0.939 bits per heavy atom. The number of hydrogen-bond acceptors (Lipinski definition) is 7. The normalized spacial score (nSPS) is 11.2. The fourth-order valence-corrected chi connectivity index (χ4v) is 4.63. The predicted molar refractivity (Wildman–Crippen MR) is 126 cm³/mol. The molecule has 0 amide bonds. The second-order valence-electron chi connectivity index (χ2n) is 7.02. The minimum Gasteiger partial charge on any atom is -0.493 e. The van der Waals surface area contributed by atoms with Crippen molar-refractivity contribution in [3.63, 3.8) is 0 Å². The van der Waals surface area contributed by atoms with E-state index in [1.165, 1.54) is 12.1 Å². The summed E-state index contributed by atoms with van der Waals surface area (Å²) in [5, 5.41) is 3.42. The van der Waals surface area contributed by atoms with E-state index in [9.17, 15) is 8.42 Å². The van der Waals surface area contributed by atoms with Crippen LogP contribution in [-0.2, 0) is 16.4 Å². The van der Waals surface area contributed by atoms with Crippen molar-refractivity contribution in [1.82, 2.24) is 4.98 Å². The molecule has 0 radical (unpaired) electrons. The predicted octanol–water partition coefficient (Wildman–Crippen LogP) is 5.46. The zero-order valence-corrected chi connectivity index (χ0v) is 19.5. The van der Waals surface area contributed by atoms with Gasteiger partial charge in [0.2, 0.25) is 26.6 Å². The van der Waals surface area contributed by atoms with Gasteiger partial charge in [0.15, 0.2) is 11.5 Å². The zero-order chi connectivity index (χ0) is 23.4. The number of halogens is 1. The molecule has 1 aromatic heterocycles. The smallest absolute Gasteiger partial charge is 0.234 e. The largest absolute Gasteiger partial charge is 0.493 e. The van der Waals surface area contributed by atoms with Crippen molar-refractivity contribution in [2.75, 3.05) is 19.5 Å². The molecule has 9 heteroatoms. The van der Waals surface area contributed by atoms with E-state index in [0.29, 0.717) is 22.1 Å². The van der Waals surface area contributed by atoms with E-state index in [1.807, 2.05) is 6.07 Å². The molecule has 0 bridgehead atoms. The molecule has 0 aliphatic carbocycles. The third-order valence-electron chi connectivity index (χ3n) is 4.90. The number of nitrogens with one attached hydrogen (secondary N) is 1. The second kappa shape index (κ2) is 9.56. The summed E-state index contributed by atoms with van der Waals surface area (Å²) in [4.78, 5) is 4.45. The number of methoxy groups -OCH3 is 2. The van der Waals surface area contributed by atoms with E-state index in [0.717, 1.165) is 5.56 Å². The highest BCUT2D eigenvalue weighted by atomic mass is 35.5. The number of nitrogens with zero attached hydrogens (tertiary/aromatic N) is 1. The van der Waals surface area contributed by atoms with E-state index < -0.39 is 9.84 Å². The molecule has 170 valence electrons. The molecule has 0 fully saturated rings. The fourth-order valence-electron chi connectivity index (χ4n) is 3.20.